The maximum absolute atomic E-state index is 11.8. The van der Waals surface area contributed by atoms with Gasteiger partial charge in [-0.25, -0.2) is 4.79 Å². The van der Waals surface area contributed by atoms with Gasteiger partial charge in [0, 0.05) is 23.6 Å². The van der Waals surface area contributed by atoms with Gasteiger partial charge in [0.15, 0.2) is 0 Å². The van der Waals surface area contributed by atoms with Gasteiger partial charge in [-0.3, -0.25) is 10.3 Å². The molecule has 23 heavy (non-hydrogen) atoms. The number of amides is 1. The maximum Gasteiger partial charge on any atom is 0.412 e. The molecular weight excluding hydrogens is 292 g/mol. The Morgan fingerprint density at radius 1 is 1.26 bits per heavy atom. The number of aryl methyl sites for hydroxylation is 1. The van der Waals surface area contributed by atoms with E-state index in [1.54, 1.807) is 12.4 Å². The molecule has 1 amide bonds. The van der Waals surface area contributed by atoms with Gasteiger partial charge in [0.25, 0.3) is 0 Å². The smallest absolute Gasteiger partial charge is 0.412 e. The molecule has 0 radical (unpaired) electrons. The van der Waals surface area contributed by atoms with Crippen molar-refractivity contribution in [2.24, 2.45) is 0 Å². The maximum atomic E-state index is 11.8. The summed E-state index contributed by atoms with van der Waals surface area (Å²) in [6.07, 6.45) is 2.87. The number of pyridine rings is 1. The van der Waals surface area contributed by atoms with E-state index in [4.69, 9.17) is 4.74 Å². The molecule has 1 aromatic heterocycles. The minimum absolute atomic E-state index is 0.0689. The molecule has 0 unspecified atom stereocenters. The minimum atomic E-state index is -0.536. The molecule has 0 aliphatic heterocycles. The number of carbonyl (C=O) groups is 1. The van der Waals surface area contributed by atoms with Crippen molar-refractivity contribution < 1.29 is 14.6 Å². The van der Waals surface area contributed by atoms with E-state index in [9.17, 15) is 9.90 Å². The van der Waals surface area contributed by atoms with E-state index in [1.165, 1.54) is 0 Å². The molecule has 1 aromatic carbocycles. The van der Waals surface area contributed by atoms with Crippen molar-refractivity contribution in [3.05, 3.63) is 47.8 Å². The van der Waals surface area contributed by atoms with Crippen molar-refractivity contribution in [2.75, 3.05) is 5.32 Å². The van der Waals surface area contributed by atoms with Crippen molar-refractivity contribution in [1.82, 2.24) is 4.98 Å². The number of ether oxygens (including phenoxy) is 1. The molecule has 0 aliphatic rings. The molecule has 0 aliphatic carbocycles. The summed E-state index contributed by atoms with van der Waals surface area (Å²) in [6.45, 7) is 7.35. The average molecular weight is 314 g/mol. The number of benzene rings is 1. The first-order valence-electron chi connectivity index (χ1n) is 7.45. The summed E-state index contributed by atoms with van der Waals surface area (Å²) in [5.41, 5.74) is 3.81. The zero-order valence-corrected chi connectivity index (χ0v) is 13.9. The Labute approximate surface area is 136 Å². The van der Waals surface area contributed by atoms with Crippen LogP contribution in [0.2, 0.25) is 0 Å². The molecule has 122 valence electrons. The molecule has 0 bridgehead atoms. The number of aliphatic hydroxyl groups excluding tert-OH is 1. The van der Waals surface area contributed by atoms with Gasteiger partial charge in [-0.1, -0.05) is 6.07 Å². The van der Waals surface area contributed by atoms with Crippen LogP contribution >= 0.6 is 0 Å². The summed E-state index contributed by atoms with van der Waals surface area (Å²) < 4.78 is 5.24. The molecule has 0 fully saturated rings. The van der Waals surface area contributed by atoms with Crippen LogP contribution in [0.25, 0.3) is 11.1 Å². The van der Waals surface area contributed by atoms with Crippen molar-refractivity contribution in [3.63, 3.8) is 0 Å². The van der Waals surface area contributed by atoms with Crippen molar-refractivity contribution in [2.45, 2.75) is 39.9 Å². The lowest BCUT2D eigenvalue weighted by Gasteiger charge is -2.20. The summed E-state index contributed by atoms with van der Waals surface area (Å²) in [5.74, 6) is 0. The Hall–Kier alpha value is -2.40. The molecular formula is C18H22N2O3. The average Bonchev–Trinajstić information content (AvgIpc) is 2.45. The number of rotatable bonds is 3. The molecule has 2 N–H and O–H groups in total. The summed E-state index contributed by atoms with van der Waals surface area (Å²) in [7, 11) is 0. The van der Waals surface area contributed by atoms with Crippen molar-refractivity contribution in [1.29, 1.82) is 0 Å². The normalized spacial score (nSPS) is 11.2. The number of aromatic nitrogens is 1. The van der Waals surface area contributed by atoms with E-state index in [1.807, 2.05) is 52.0 Å². The number of aliphatic hydroxyl groups is 1. The largest absolute Gasteiger partial charge is 0.444 e. The second-order valence-corrected chi connectivity index (χ2v) is 6.35. The first-order valence-corrected chi connectivity index (χ1v) is 7.45. The topological polar surface area (TPSA) is 71.5 Å². The molecule has 1 heterocycles. The lowest BCUT2D eigenvalue weighted by molar-refractivity contribution is 0.0636. The Balaban J connectivity index is 2.23. The zero-order valence-electron chi connectivity index (χ0n) is 13.9. The lowest BCUT2D eigenvalue weighted by atomic mass is 9.97. The zero-order chi connectivity index (χ0) is 17.0. The summed E-state index contributed by atoms with van der Waals surface area (Å²) >= 11 is 0. The van der Waals surface area contributed by atoms with Crippen LogP contribution < -0.4 is 5.32 Å². The number of carbonyl (C=O) groups excluding carboxylic acids is 1. The van der Waals surface area contributed by atoms with Gasteiger partial charge in [-0.15, -0.1) is 0 Å². The fourth-order valence-electron chi connectivity index (χ4n) is 2.28. The number of hydrogen-bond acceptors (Lipinski definition) is 4. The van der Waals surface area contributed by atoms with E-state index in [2.05, 4.69) is 10.3 Å². The predicted octanol–water partition coefficient (Wildman–Crippen LogP) is 3.90. The van der Waals surface area contributed by atoms with E-state index in [-0.39, 0.29) is 6.61 Å². The molecule has 0 atom stereocenters. The van der Waals surface area contributed by atoms with Gasteiger partial charge in [0.1, 0.15) is 5.60 Å². The lowest BCUT2D eigenvalue weighted by Crippen LogP contribution is -2.27. The highest BCUT2D eigenvalue weighted by Gasteiger charge is 2.16. The molecule has 5 heteroatoms. The van der Waals surface area contributed by atoms with Gasteiger partial charge in [0.05, 0.1) is 6.61 Å². The van der Waals surface area contributed by atoms with E-state index in [0.717, 1.165) is 22.3 Å². The first kappa shape index (κ1) is 17.0. The van der Waals surface area contributed by atoms with Crippen LogP contribution in [0.5, 0.6) is 0 Å². The Kier molecular flexibility index (Phi) is 5.01. The second kappa shape index (κ2) is 6.79. The third kappa shape index (κ3) is 4.53. The highest BCUT2D eigenvalue weighted by atomic mass is 16.6. The van der Waals surface area contributed by atoms with E-state index >= 15 is 0 Å². The van der Waals surface area contributed by atoms with Crippen LogP contribution in [0.15, 0.2) is 36.7 Å². The van der Waals surface area contributed by atoms with Gasteiger partial charge in [-0.2, -0.15) is 0 Å². The Morgan fingerprint density at radius 3 is 2.61 bits per heavy atom. The highest BCUT2D eigenvalue weighted by molar-refractivity contribution is 5.86. The number of anilines is 1. The quantitative estimate of drug-likeness (QED) is 0.901. The Bertz CT molecular complexity index is 706. The summed E-state index contributed by atoms with van der Waals surface area (Å²) in [4.78, 5) is 15.8. The van der Waals surface area contributed by atoms with Gasteiger partial charge >= 0.3 is 6.09 Å². The Morgan fingerprint density at radius 2 is 2.00 bits per heavy atom. The van der Waals surface area contributed by atoms with Crippen LogP contribution in [-0.4, -0.2) is 21.8 Å². The monoisotopic (exact) mass is 314 g/mol. The molecule has 0 spiro atoms. The standard InChI is InChI=1S/C18H22N2O3/c1-12-9-14(20-17(22)23-18(2,3)4)5-6-15(12)16-7-8-19-10-13(16)11-21/h5-10,21H,11H2,1-4H3,(H,20,22). The van der Waals surface area contributed by atoms with Crippen LogP contribution in [0, 0.1) is 6.92 Å². The minimum Gasteiger partial charge on any atom is -0.444 e. The SMILES string of the molecule is Cc1cc(NC(=O)OC(C)(C)C)ccc1-c1ccncc1CO. The van der Waals surface area contributed by atoms with E-state index < -0.39 is 11.7 Å². The fourth-order valence-corrected chi connectivity index (χ4v) is 2.28. The van der Waals surface area contributed by atoms with Crippen molar-refractivity contribution >= 4 is 11.8 Å². The van der Waals surface area contributed by atoms with Crippen LogP contribution in [0.4, 0.5) is 10.5 Å². The van der Waals surface area contributed by atoms with Gasteiger partial charge < -0.3 is 9.84 Å². The number of hydrogen-bond donors (Lipinski definition) is 2. The number of nitrogens with zero attached hydrogens (tertiary/aromatic N) is 1. The fraction of sp³-hybridized carbons (Fsp3) is 0.333. The molecule has 5 nitrogen and oxygen atoms in total. The van der Waals surface area contributed by atoms with Gasteiger partial charge in [0.2, 0.25) is 0 Å². The third-order valence-corrected chi connectivity index (χ3v) is 3.24. The van der Waals surface area contributed by atoms with Crippen LogP contribution in [0.1, 0.15) is 31.9 Å². The summed E-state index contributed by atoms with van der Waals surface area (Å²) in [6, 6.07) is 7.47. The van der Waals surface area contributed by atoms with Crippen molar-refractivity contribution in [3.8, 4) is 11.1 Å². The highest BCUT2D eigenvalue weighted by Crippen LogP contribution is 2.28. The summed E-state index contributed by atoms with van der Waals surface area (Å²) in [5, 5.41) is 12.2. The molecule has 2 rings (SSSR count). The van der Waals surface area contributed by atoms with Crippen LogP contribution in [0.3, 0.4) is 0 Å². The molecule has 2 aromatic rings. The van der Waals surface area contributed by atoms with Crippen LogP contribution in [-0.2, 0) is 11.3 Å². The molecule has 0 saturated carbocycles. The second-order valence-electron chi connectivity index (χ2n) is 6.35. The number of nitrogens with one attached hydrogen (secondary N) is 1. The van der Waals surface area contributed by atoms with E-state index in [0.29, 0.717) is 5.69 Å². The van der Waals surface area contributed by atoms with Gasteiger partial charge in [-0.05, 0) is 62.6 Å². The third-order valence-electron chi connectivity index (χ3n) is 3.24. The molecule has 0 saturated heterocycles. The first-order chi connectivity index (χ1) is 10.8. The predicted molar refractivity (Wildman–Crippen MR) is 90.2 cm³/mol.